The first-order valence-electron chi connectivity index (χ1n) is 6.58. The van der Waals surface area contributed by atoms with Gasteiger partial charge < -0.3 is 4.74 Å². The third-order valence-electron chi connectivity index (χ3n) is 3.42. The topological polar surface area (TPSA) is 42.4 Å². The molecule has 2 aromatic rings. The number of ether oxygens (including phenoxy) is 1. The van der Waals surface area contributed by atoms with Gasteiger partial charge in [-0.05, 0) is 38.1 Å². The van der Waals surface area contributed by atoms with Crippen LogP contribution in [0.3, 0.4) is 0 Å². The summed E-state index contributed by atoms with van der Waals surface area (Å²) in [6.45, 7) is 4.22. The molecule has 2 heterocycles. The Kier molecular flexibility index (Phi) is 2.93. The maximum Gasteiger partial charge on any atom is 0.261 e. The van der Waals surface area contributed by atoms with Gasteiger partial charge in [-0.25, -0.2) is 0 Å². The second-order valence-corrected chi connectivity index (χ2v) is 5.26. The molecule has 0 atom stereocenters. The molecule has 0 radical (unpaired) electrons. The van der Waals surface area contributed by atoms with E-state index in [1.165, 1.54) is 0 Å². The van der Waals surface area contributed by atoms with Crippen molar-refractivity contribution in [2.75, 3.05) is 0 Å². The van der Waals surface area contributed by atoms with E-state index >= 15 is 0 Å². The number of benzene rings is 1. The monoisotopic (exact) mass is 268 g/mol. The van der Waals surface area contributed by atoms with Gasteiger partial charge in [-0.2, -0.15) is 0 Å². The molecule has 1 amide bonds. The van der Waals surface area contributed by atoms with Crippen LogP contribution in [0.1, 0.15) is 29.9 Å². The molecule has 20 heavy (non-hydrogen) atoms. The maximum absolute atomic E-state index is 12.7. The van der Waals surface area contributed by atoms with Gasteiger partial charge in [-0.3, -0.25) is 14.7 Å². The Hall–Kier alpha value is -2.36. The third kappa shape index (κ3) is 2.13. The lowest BCUT2D eigenvalue weighted by atomic mass is 10.1. The number of pyridine rings is 1. The molecule has 0 bridgehead atoms. The molecule has 0 aliphatic carbocycles. The molecule has 1 aromatic carbocycles. The number of hydrogen-bond acceptors (Lipinski definition) is 3. The van der Waals surface area contributed by atoms with Gasteiger partial charge in [0.25, 0.3) is 5.91 Å². The van der Waals surface area contributed by atoms with Gasteiger partial charge in [-0.15, -0.1) is 0 Å². The number of rotatable bonds is 2. The molecule has 4 nitrogen and oxygen atoms in total. The van der Waals surface area contributed by atoms with Gasteiger partial charge in [0.1, 0.15) is 5.75 Å². The summed E-state index contributed by atoms with van der Waals surface area (Å²) in [6, 6.07) is 13.0. The quantitative estimate of drug-likeness (QED) is 0.841. The van der Waals surface area contributed by atoms with Crippen LogP contribution < -0.4 is 4.74 Å². The van der Waals surface area contributed by atoms with Crippen LogP contribution in [0.2, 0.25) is 0 Å². The Morgan fingerprint density at radius 1 is 1.15 bits per heavy atom. The number of aromatic nitrogens is 1. The van der Waals surface area contributed by atoms with E-state index in [-0.39, 0.29) is 5.91 Å². The SMILES string of the molecule is CC1(C)Oc2ccccc2C(=O)N1Cc1ccccn1. The van der Waals surface area contributed by atoms with E-state index in [4.69, 9.17) is 4.74 Å². The summed E-state index contributed by atoms with van der Waals surface area (Å²) in [5.41, 5.74) is 0.753. The Morgan fingerprint density at radius 3 is 2.65 bits per heavy atom. The predicted molar refractivity (Wildman–Crippen MR) is 75.3 cm³/mol. The highest BCUT2D eigenvalue weighted by Crippen LogP contribution is 2.33. The Bertz CT molecular complexity index is 638. The average molecular weight is 268 g/mol. The maximum atomic E-state index is 12.7. The molecule has 0 saturated carbocycles. The highest BCUT2D eigenvalue weighted by atomic mass is 16.5. The average Bonchev–Trinajstić information content (AvgIpc) is 2.44. The van der Waals surface area contributed by atoms with Gasteiger partial charge in [-0.1, -0.05) is 18.2 Å². The number of nitrogens with zero attached hydrogens (tertiary/aromatic N) is 2. The van der Waals surface area contributed by atoms with Crippen molar-refractivity contribution in [1.29, 1.82) is 0 Å². The van der Waals surface area contributed by atoms with Gasteiger partial charge in [0.2, 0.25) is 0 Å². The fourth-order valence-corrected chi connectivity index (χ4v) is 2.36. The summed E-state index contributed by atoms with van der Waals surface area (Å²) in [7, 11) is 0. The fourth-order valence-electron chi connectivity index (χ4n) is 2.36. The van der Waals surface area contributed by atoms with Crippen molar-refractivity contribution in [3.05, 3.63) is 59.9 Å². The number of hydrogen-bond donors (Lipinski definition) is 0. The second-order valence-electron chi connectivity index (χ2n) is 5.26. The smallest absolute Gasteiger partial charge is 0.261 e. The molecule has 1 aliphatic heterocycles. The molecule has 102 valence electrons. The van der Waals surface area contributed by atoms with E-state index in [1.54, 1.807) is 17.2 Å². The summed E-state index contributed by atoms with van der Waals surface area (Å²) < 4.78 is 5.95. The second kappa shape index (κ2) is 4.63. The van der Waals surface area contributed by atoms with Crippen LogP contribution in [-0.4, -0.2) is 21.5 Å². The zero-order valence-electron chi connectivity index (χ0n) is 11.5. The lowest BCUT2D eigenvalue weighted by Crippen LogP contribution is -2.54. The lowest BCUT2D eigenvalue weighted by Gasteiger charge is -2.42. The molecule has 0 unspecified atom stereocenters. The standard InChI is InChI=1S/C16H16N2O2/c1-16(2)18(11-12-7-5-6-10-17-12)15(19)13-8-3-4-9-14(13)20-16/h3-10H,11H2,1-2H3. The third-order valence-corrected chi connectivity index (χ3v) is 3.42. The largest absolute Gasteiger partial charge is 0.468 e. The summed E-state index contributed by atoms with van der Waals surface area (Å²) in [5, 5.41) is 0. The highest BCUT2D eigenvalue weighted by Gasteiger charge is 2.39. The van der Waals surface area contributed by atoms with E-state index in [2.05, 4.69) is 4.98 Å². The zero-order valence-corrected chi connectivity index (χ0v) is 11.5. The first-order chi connectivity index (χ1) is 9.58. The van der Waals surface area contributed by atoms with Crippen molar-refractivity contribution in [2.45, 2.75) is 26.1 Å². The number of para-hydroxylation sites is 1. The van der Waals surface area contributed by atoms with E-state index in [9.17, 15) is 4.79 Å². The normalized spacial score (nSPS) is 16.5. The highest BCUT2D eigenvalue weighted by molar-refractivity contribution is 5.98. The number of carbonyl (C=O) groups excluding carboxylic acids is 1. The van der Waals surface area contributed by atoms with Crippen molar-refractivity contribution in [3.8, 4) is 5.75 Å². The molecule has 1 aromatic heterocycles. The first kappa shape index (κ1) is 12.7. The van der Waals surface area contributed by atoms with Gasteiger partial charge in [0.05, 0.1) is 17.8 Å². The van der Waals surface area contributed by atoms with Crippen molar-refractivity contribution < 1.29 is 9.53 Å². The summed E-state index contributed by atoms with van der Waals surface area (Å²) in [6.07, 6.45) is 1.73. The predicted octanol–water partition coefficient (Wildman–Crippen LogP) is 2.85. The summed E-state index contributed by atoms with van der Waals surface area (Å²) in [4.78, 5) is 18.6. The van der Waals surface area contributed by atoms with Crippen molar-refractivity contribution in [1.82, 2.24) is 9.88 Å². The molecular weight excluding hydrogens is 252 g/mol. The molecular formula is C16H16N2O2. The van der Waals surface area contributed by atoms with Gasteiger partial charge >= 0.3 is 0 Å². The minimum Gasteiger partial charge on any atom is -0.468 e. The lowest BCUT2D eigenvalue weighted by molar-refractivity contribution is -0.0540. The number of fused-ring (bicyclic) bond motifs is 1. The minimum atomic E-state index is -0.692. The zero-order chi connectivity index (χ0) is 14.2. The van der Waals surface area contributed by atoms with Crippen LogP contribution >= 0.6 is 0 Å². The molecule has 0 fully saturated rings. The van der Waals surface area contributed by atoms with E-state index in [0.717, 1.165) is 5.69 Å². The summed E-state index contributed by atoms with van der Waals surface area (Å²) >= 11 is 0. The number of amides is 1. The Labute approximate surface area is 118 Å². The van der Waals surface area contributed by atoms with E-state index in [1.807, 2.05) is 50.2 Å². The molecule has 1 aliphatic rings. The van der Waals surface area contributed by atoms with E-state index in [0.29, 0.717) is 17.9 Å². The molecule has 0 spiro atoms. The van der Waals surface area contributed by atoms with Crippen LogP contribution in [0.4, 0.5) is 0 Å². The van der Waals surface area contributed by atoms with Crippen molar-refractivity contribution in [3.63, 3.8) is 0 Å². The number of carbonyl (C=O) groups is 1. The van der Waals surface area contributed by atoms with Crippen LogP contribution in [0.15, 0.2) is 48.7 Å². The van der Waals surface area contributed by atoms with Crippen molar-refractivity contribution >= 4 is 5.91 Å². The van der Waals surface area contributed by atoms with Crippen LogP contribution in [0.25, 0.3) is 0 Å². The fraction of sp³-hybridized carbons (Fsp3) is 0.250. The molecule has 3 rings (SSSR count). The molecule has 0 saturated heterocycles. The minimum absolute atomic E-state index is 0.0255. The van der Waals surface area contributed by atoms with Crippen molar-refractivity contribution in [2.24, 2.45) is 0 Å². The van der Waals surface area contributed by atoms with Crippen LogP contribution in [0, 0.1) is 0 Å². The Balaban J connectivity index is 1.97. The molecule has 4 heteroatoms. The van der Waals surface area contributed by atoms with E-state index < -0.39 is 5.72 Å². The van der Waals surface area contributed by atoms with Gasteiger partial charge in [0.15, 0.2) is 5.72 Å². The first-order valence-corrected chi connectivity index (χ1v) is 6.58. The summed E-state index contributed by atoms with van der Waals surface area (Å²) in [5.74, 6) is 0.613. The Morgan fingerprint density at radius 2 is 1.90 bits per heavy atom. The van der Waals surface area contributed by atoms with Gasteiger partial charge in [0, 0.05) is 6.20 Å². The van der Waals surface area contributed by atoms with Crippen LogP contribution in [-0.2, 0) is 6.54 Å². The van der Waals surface area contributed by atoms with Crippen LogP contribution in [0.5, 0.6) is 5.75 Å². The molecule has 0 N–H and O–H groups in total.